The number of nitrogens with one attached hydrogen (secondary N) is 1. The molecule has 5 nitrogen and oxygen atoms in total. The molecule has 0 aliphatic carbocycles. The number of hydrogen-bond acceptors (Lipinski definition) is 3. The minimum atomic E-state index is -0.262. The van der Waals surface area contributed by atoms with Gasteiger partial charge in [0.05, 0.1) is 5.69 Å². The number of aromatic nitrogens is 2. The normalized spacial score (nSPS) is 20.6. The van der Waals surface area contributed by atoms with Gasteiger partial charge in [-0.2, -0.15) is 5.10 Å². The van der Waals surface area contributed by atoms with Crippen molar-refractivity contribution in [1.29, 1.82) is 0 Å². The Kier molecular flexibility index (Phi) is 3.83. The highest BCUT2D eigenvalue weighted by Gasteiger charge is 2.32. The number of amides is 1. The minimum Gasteiger partial charge on any atom is -0.368 e. The summed E-state index contributed by atoms with van der Waals surface area (Å²) < 4.78 is 5.54. The van der Waals surface area contributed by atoms with Crippen LogP contribution in [0.5, 0.6) is 0 Å². The van der Waals surface area contributed by atoms with Crippen LogP contribution in [-0.4, -0.2) is 40.3 Å². The van der Waals surface area contributed by atoms with E-state index < -0.39 is 0 Å². The number of fused-ring (bicyclic) bond motifs is 1. The zero-order valence-corrected chi connectivity index (χ0v) is 13.5. The molecule has 1 saturated heterocycles. The van der Waals surface area contributed by atoms with E-state index in [1.54, 1.807) is 0 Å². The van der Waals surface area contributed by atoms with E-state index in [9.17, 15) is 4.79 Å². The van der Waals surface area contributed by atoms with Crippen molar-refractivity contribution in [2.45, 2.75) is 31.9 Å². The zero-order valence-electron chi connectivity index (χ0n) is 12.7. The third kappa shape index (κ3) is 2.75. The first-order valence-corrected chi connectivity index (χ1v) is 8.32. The number of ether oxygens (including phenoxy) is 1. The van der Waals surface area contributed by atoms with E-state index >= 15 is 0 Å². The summed E-state index contributed by atoms with van der Waals surface area (Å²) in [5.74, 6) is 0.108. The van der Waals surface area contributed by atoms with Gasteiger partial charge in [-0.1, -0.05) is 23.7 Å². The van der Waals surface area contributed by atoms with E-state index in [1.807, 2.05) is 29.2 Å². The lowest BCUT2D eigenvalue weighted by molar-refractivity contribution is -0.141. The molecule has 6 heteroatoms. The first-order valence-electron chi connectivity index (χ1n) is 7.95. The Morgan fingerprint density at radius 3 is 2.91 bits per heavy atom. The van der Waals surface area contributed by atoms with Gasteiger partial charge in [-0.3, -0.25) is 9.89 Å². The highest BCUT2D eigenvalue weighted by Crippen LogP contribution is 2.30. The number of H-pyrrole nitrogens is 1. The molecule has 0 bridgehead atoms. The number of rotatable bonds is 2. The molecule has 1 aromatic carbocycles. The Hall–Kier alpha value is -1.85. The Balaban J connectivity index is 1.59. The number of carbonyl (C=O) groups excluding carboxylic acids is 1. The van der Waals surface area contributed by atoms with Crippen molar-refractivity contribution in [2.24, 2.45) is 0 Å². The molecule has 0 saturated carbocycles. The number of hydrogen-bond donors (Lipinski definition) is 1. The number of carbonyl (C=O) groups is 1. The van der Waals surface area contributed by atoms with Crippen molar-refractivity contribution in [3.05, 3.63) is 40.5 Å². The van der Waals surface area contributed by atoms with E-state index in [2.05, 4.69) is 10.2 Å². The molecule has 1 N–H and O–H groups in total. The summed E-state index contributed by atoms with van der Waals surface area (Å²) in [6.07, 6.45) is 2.34. The lowest BCUT2D eigenvalue weighted by Gasteiger charge is -2.29. The molecule has 1 aromatic heterocycles. The second kappa shape index (κ2) is 5.98. The molecule has 1 amide bonds. The summed E-state index contributed by atoms with van der Waals surface area (Å²) in [6.45, 7) is 1.99. The maximum Gasteiger partial charge on any atom is 0.252 e. The molecular formula is C17H18ClN3O2. The first kappa shape index (κ1) is 14.7. The van der Waals surface area contributed by atoms with Gasteiger partial charge in [0.15, 0.2) is 0 Å². The quantitative estimate of drug-likeness (QED) is 0.920. The molecule has 23 heavy (non-hydrogen) atoms. The van der Waals surface area contributed by atoms with E-state index in [-0.39, 0.29) is 12.0 Å². The highest BCUT2D eigenvalue weighted by molar-refractivity contribution is 6.30. The maximum atomic E-state index is 12.6. The maximum absolute atomic E-state index is 12.6. The van der Waals surface area contributed by atoms with Crippen molar-refractivity contribution >= 4 is 17.5 Å². The van der Waals surface area contributed by atoms with Crippen molar-refractivity contribution in [2.75, 3.05) is 13.2 Å². The topological polar surface area (TPSA) is 58.2 Å². The summed E-state index contributed by atoms with van der Waals surface area (Å²) in [4.78, 5) is 14.5. The average Bonchev–Trinajstić information content (AvgIpc) is 3.24. The van der Waals surface area contributed by atoms with Gasteiger partial charge in [-0.05, 0) is 25.0 Å². The Morgan fingerprint density at radius 1 is 1.35 bits per heavy atom. The van der Waals surface area contributed by atoms with Gasteiger partial charge in [0.2, 0.25) is 0 Å². The molecular weight excluding hydrogens is 314 g/mol. The molecule has 1 atom stereocenters. The summed E-state index contributed by atoms with van der Waals surface area (Å²) >= 11 is 5.96. The highest BCUT2D eigenvalue weighted by atomic mass is 35.5. The van der Waals surface area contributed by atoms with Crippen LogP contribution in [0.15, 0.2) is 24.3 Å². The van der Waals surface area contributed by atoms with Gasteiger partial charge < -0.3 is 9.64 Å². The lowest BCUT2D eigenvalue weighted by Crippen LogP contribution is -2.41. The van der Waals surface area contributed by atoms with Crippen LogP contribution in [0.25, 0.3) is 11.3 Å². The standard InChI is InChI=1S/C17H18ClN3O2/c18-12-5-3-11(4-6-12)16-13-10-21(8-7-14(13)19-20-16)17(22)15-2-1-9-23-15/h3-6,15H,1-2,7-10H2,(H,19,20). The van der Waals surface area contributed by atoms with Crippen LogP contribution in [0.2, 0.25) is 5.02 Å². The van der Waals surface area contributed by atoms with Crippen LogP contribution in [0, 0.1) is 0 Å². The summed E-state index contributed by atoms with van der Waals surface area (Å²) in [5, 5.41) is 8.27. The summed E-state index contributed by atoms with van der Waals surface area (Å²) in [6, 6.07) is 7.63. The number of aromatic amines is 1. The predicted octanol–water partition coefficient (Wildman–Crippen LogP) is 2.79. The third-order valence-corrected chi connectivity index (χ3v) is 4.82. The third-order valence-electron chi connectivity index (χ3n) is 4.57. The molecule has 120 valence electrons. The fourth-order valence-electron chi connectivity index (χ4n) is 3.31. The fourth-order valence-corrected chi connectivity index (χ4v) is 3.43. The molecule has 4 rings (SSSR count). The summed E-state index contributed by atoms with van der Waals surface area (Å²) in [5.41, 5.74) is 4.14. The van der Waals surface area contributed by atoms with Crippen LogP contribution in [0.3, 0.4) is 0 Å². The lowest BCUT2D eigenvalue weighted by atomic mass is 10.0. The van der Waals surface area contributed by atoms with Crippen molar-refractivity contribution < 1.29 is 9.53 Å². The van der Waals surface area contributed by atoms with Gasteiger partial charge in [-0.15, -0.1) is 0 Å². The molecule has 2 aromatic rings. The molecule has 1 unspecified atom stereocenters. The van der Waals surface area contributed by atoms with Crippen LogP contribution in [-0.2, 0) is 22.5 Å². The van der Waals surface area contributed by atoms with E-state index in [0.29, 0.717) is 24.7 Å². The average molecular weight is 332 g/mol. The molecule has 1 fully saturated rings. The number of halogens is 1. The second-order valence-electron chi connectivity index (χ2n) is 6.05. The van der Waals surface area contributed by atoms with E-state index in [4.69, 9.17) is 16.3 Å². The van der Waals surface area contributed by atoms with Crippen molar-refractivity contribution in [3.63, 3.8) is 0 Å². The largest absolute Gasteiger partial charge is 0.368 e. The first-order chi connectivity index (χ1) is 11.2. The fraction of sp³-hybridized carbons (Fsp3) is 0.412. The van der Waals surface area contributed by atoms with Gasteiger partial charge in [0.25, 0.3) is 5.91 Å². The van der Waals surface area contributed by atoms with Crippen LogP contribution < -0.4 is 0 Å². The number of nitrogens with zero attached hydrogens (tertiary/aromatic N) is 2. The molecule has 2 aliphatic heterocycles. The van der Waals surface area contributed by atoms with E-state index in [0.717, 1.165) is 41.8 Å². The Bertz CT molecular complexity index is 720. The van der Waals surface area contributed by atoms with Crippen molar-refractivity contribution in [3.8, 4) is 11.3 Å². The molecule has 0 spiro atoms. The monoisotopic (exact) mass is 331 g/mol. The molecule has 0 radical (unpaired) electrons. The van der Waals surface area contributed by atoms with Gasteiger partial charge in [0.1, 0.15) is 6.10 Å². The van der Waals surface area contributed by atoms with Gasteiger partial charge in [-0.25, -0.2) is 0 Å². The minimum absolute atomic E-state index is 0.108. The van der Waals surface area contributed by atoms with Crippen LogP contribution >= 0.6 is 11.6 Å². The Labute approximate surface area is 139 Å². The van der Waals surface area contributed by atoms with Crippen LogP contribution in [0.4, 0.5) is 0 Å². The van der Waals surface area contributed by atoms with Gasteiger partial charge >= 0.3 is 0 Å². The van der Waals surface area contributed by atoms with Crippen molar-refractivity contribution in [1.82, 2.24) is 15.1 Å². The molecule has 2 aliphatic rings. The Morgan fingerprint density at radius 2 is 2.17 bits per heavy atom. The second-order valence-corrected chi connectivity index (χ2v) is 6.48. The smallest absolute Gasteiger partial charge is 0.252 e. The SMILES string of the molecule is O=C(C1CCCO1)N1CCc2[nH]nc(-c3ccc(Cl)cc3)c2C1. The number of benzene rings is 1. The predicted molar refractivity (Wildman–Crippen MR) is 87.1 cm³/mol. The molecule has 3 heterocycles. The van der Waals surface area contributed by atoms with Crippen LogP contribution in [0.1, 0.15) is 24.1 Å². The zero-order chi connectivity index (χ0) is 15.8. The van der Waals surface area contributed by atoms with Gasteiger partial charge in [0, 0.05) is 48.0 Å². The van der Waals surface area contributed by atoms with E-state index in [1.165, 1.54) is 0 Å². The summed E-state index contributed by atoms with van der Waals surface area (Å²) in [7, 11) is 0.